The van der Waals surface area contributed by atoms with Gasteiger partial charge in [0.1, 0.15) is 0 Å². The molecule has 0 bridgehead atoms. The van der Waals surface area contributed by atoms with Crippen molar-refractivity contribution < 1.29 is 14.3 Å². The quantitative estimate of drug-likeness (QED) is 0.595. The zero-order valence-electron chi connectivity index (χ0n) is 11.7. The molecule has 2 aromatic carbocycles. The molecule has 104 valence electrons. The van der Waals surface area contributed by atoms with Crippen LogP contribution in [0.1, 0.15) is 16.8 Å². The van der Waals surface area contributed by atoms with Gasteiger partial charge in [-0.25, -0.2) is 0 Å². The Morgan fingerprint density at radius 1 is 0.900 bits per heavy atom. The van der Waals surface area contributed by atoms with Gasteiger partial charge in [0.15, 0.2) is 12.1 Å². The maximum Gasteiger partial charge on any atom is 0.167 e. The molecule has 20 heavy (non-hydrogen) atoms. The van der Waals surface area contributed by atoms with Crippen LogP contribution in [0.15, 0.2) is 54.6 Å². The van der Waals surface area contributed by atoms with Crippen LogP contribution in [-0.2, 0) is 9.47 Å². The minimum Gasteiger partial charge on any atom is -0.355 e. The third-order valence-corrected chi connectivity index (χ3v) is 3.19. The zero-order chi connectivity index (χ0) is 14.4. The third-order valence-electron chi connectivity index (χ3n) is 3.19. The average Bonchev–Trinajstić information content (AvgIpc) is 2.53. The summed E-state index contributed by atoms with van der Waals surface area (Å²) in [6, 6.07) is 17.7. The highest BCUT2D eigenvalue weighted by atomic mass is 16.7. The highest BCUT2D eigenvalue weighted by molar-refractivity contribution is 5.96. The van der Waals surface area contributed by atoms with Crippen molar-refractivity contribution in [1.82, 2.24) is 0 Å². The van der Waals surface area contributed by atoms with Gasteiger partial charge in [-0.1, -0.05) is 54.6 Å². The molecule has 3 heteroatoms. The summed E-state index contributed by atoms with van der Waals surface area (Å²) in [6.45, 7) is 0. The van der Waals surface area contributed by atoms with Crippen molar-refractivity contribution in [1.29, 1.82) is 0 Å². The summed E-state index contributed by atoms with van der Waals surface area (Å²) in [4.78, 5) is 12.1. The van der Waals surface area contributed by atoms with Crippen LogP contribution in [0.2, 0.25) is 0 Å². The van der Waals surface area contributed by atoms with E-state index in [1.165, 1.54) is 14.2 Å². The molecule has 0 aliphatic heterocycles. The fourth-order valence-electron chi connectivity index (χ4n) is 2.01. The number of carbonyl (C=O) groups excluding carboxylic acids is 1. The van der Waals surface area contributed by atoms with Crippen molar-refractivity contribution >= 4 is 5.78 Å². The highest BCUT2D eigenvalue weighted by Crippen LogP contribution is 2.20. The van der Waals surface area contributed by atoms with E-state index in [4.69, 9.17) is 9.47 Å². The molecule has 2 aromatic rings. The smallest absolute Gasteiger partial charge is 0.167 e. The molecule has 0 aromatic heterocycles. The molecule has 0 aliphatic rings. The fraction of sp³-hybridized carbons (Fsp3) is 0.235. The second-order valence-corrected chi connectivity index (χ2v) is 4.47. The van der Waals surface area contributed by atoms with E-state index >= 15 is 0 Å². The zero-order valence-corrected chi connectivity index (χ0v) is 11.7. The molecule has 0 saturated carbocycles. The molecule has 2 rings (SSSR count). The molecule has 0 amide bonds. The topological polar surface area (TPSA) is 35.5 Å². The molecule has 0 spiro atoms. The average molecular weight is 270 g/mol. The molecular formula is C17H18O3. The number of methoxy groups -OCH3 is 2. The second kappa shape index (κ2) is 6.98. The van der Waals surface area contributed by atoms with Gasteiger partial charge in [0, 0.05) is 19.8 Å². The van der Waals surface area contributed by atoms with Crippen molar-refractivity contribution in [3.63, 3.8) is 0 Å². The second-order valence-electron chi connectivity index (χ2n) is 4.47. The summed E-state index contributed by atoms with van der Waals surface area (Å²) in [5.41, 5.74) is 2.90. The lowest BCUT2D eigenvalue weighted by atomic mass is 10.0. The summed E-state index contributed by atoms with van der Waals surface area (Å²) < 4.78 is 10.1. The van der Waals surface area contributed by atoms with Crippen molar-refractivity contribution in [2.24, 2.45) is 0 Å². The molecule has 0 aliphatic carbocycles. The van der Waals surface area contributed by atoms with E-state index in [0.29, 0.717) is 5.56 Å². The summed E-state index contributed by atoms with van der Waals surface area (Å²) in [5.74, 6) is 0.0123. The molecule has 0 saturated heterocycles. The van der Waals surface area contributed by atoms with Gasteiger partial charge in [0.25, 0.3) is 0 Å². The van der Waals surface area contributed by atoms with Crippen molar-refractivity contribution in [2.45, 2.75) is 12.7 Å². The van der Waals surface area contributed by atoms with Crippen LogP contribution in [0.4, 0.5) is 0 Å². The van der Waals surface area contributed by atoms with Gasteiger partial charge in [-0.2, -0.15) is 0 Å². The first-order valence-corrected chi connectivity index (χ1v) is 6.49. The van der Waals surface area contributed by atoms with Crippen molar-refractivity contribution in [3.05, 3.63) is 60.2 Å². The number of benzene rings is 2. The van der Waals surface area contributed by atoms with Gasteiger partial charge in [-0.05, 0) is 11.1 Å². The molecule has 0 heterocycles. The Morgan fingerprint density at radius 3 is 2.00 bits per heavy atom. The van der Waals surface area contributed by atoms with E-state index in [1.54, 1.807) is 0 Å². The van der Waals surface area contributed by atoms with E-state index < -0.39 is 6.29 Å². The lowest BCUT2D eigenvalue weighted by molar-refractivity contribution is -0.0993. The Balaban J connectivity index is 2.10. The number of hydrogen-bond acceptors (Lipinski definition) is 3. The lowest BCUT2D eigenvalue weighted by Crippen LogP contribution is -2.18. The Morgan fingerprint density at radius 2 is 1.45 bits per heavy atom. The first-order valence-electron chi connectivity index (χ1n) is 6.49. The number of hydrogen-bond donors (Lipinski definition) is 0. The lowest BCUT2D eigenvalue weighted by Gasteiger charge is -2.12. The largest absolute Gasteiger partial charge is 0.355 e. The number of ether oxygens (including phenoxy) is 2. The molecule has 0 atom stereocenters. The Hall–Kier alpha value is -1.97. The van der Waals surface area contributed by atoms with Gasteiger partial charge in [-0.3, -0.25) is 4.79 Å². The highest BCUT2D eigenvalue weighted by Gasteiger charge is 2.13. The Labute approximate surface area is 119 Å². The molecular weight excluding hydrogens is 252 g/mol. The molecule has 3 nitrogen and oxygen atoms in total. The van der Waals surface area contributed by atoms with Crippen LogP contribution in [0.25, 0.3) is 11.1 Å². The maximum atomic E-state index is 12.1. The third kappa shape index (κ3) is 3.53. The first kappa shape index (κ1) is 14.4. The van der Waals surface area contributed by atoms with Gasteiger partial charge >= 0.3 is 0 Å². The standard InChI is InChI=1S/C17H18O3/c1-19-17(20-2)12-16(18)15-10-8-14(9-11-15)13-6-4-3-5-7-13/h3-11,17H,12H2,1-2H3. The number of carbonyl (C=O) groups is 1. The van der Waals surface area contributed by atoms with E-state index in [0.717, 1.165) is 11.1 Å². The fourth-order valence-corrected chi connectivity index (χ4v) is 2.01. The van der Waals surface area contributed by atoms with Crippen LogP contribution in [0, 0.1) is 0 Å². The van der Waals surface area contributed by atoms with Gasteiger partial charge in [0.05, 0.1) is 6.42 Å². The van der Waals surface area contributed by atoms with E-state index in [9.17, 15) is 4.79 Å². The number of rotatable bonds is 6. The number of ketones is 1. The van der Waals surface area contributed by atoms with Crippen LogP contribution < -0.4 is 0 Å². The summed E-state index contributed by atoms with van der Waals surface area (Å²) in [5, 5.41) is 0. The van der Waals surface area contributed by atoms with Crippen LogP contribution in [-0.4, -0.2) is 26.3 Å². The van der Waals surface area contributed by atoms with Gasteiger partial charge < -0.3 is 9.47 Å². The van der Waals surface area contributed by atoms with E-state index in [-0.39, 0.29) is 12.2 Å². The maximum absolute atomic E-state index is 12.1. The Bertz CT molecular complexity index is 542. The molecule has 0 N–H and O–H groups in total. The van der Waals surface area contributed by atoms with Crippen LogP contribution in [0.5, 0.6) is 0 Å². The van der Waals surface area contributed by atoms with Gasteiger partial charge in [-0.15, -0.1) is 0 Å². The first-order chi connectivity index (χ1) is 9.74. The predicted octanol–water partition coefficient (Wildman–Crippen LogP) is 3.55. The van der Waals surface area contributed by atoms with Gasteiger partial charge in [0.2, 0.25) is 0 Å². The summed E-state index contributed by atoms with van der Waals surface area (Å²) >= 11 is 0. The van der Waals surface area contributed by atoms with Crippen molar-refractivity contribution in [2.75, 3.05) is 14.2 Å². The summed E-state index contributed by atoms with van der Waals surface area (Å²) in [6.07, 6.45) is -0.270. The normalized spacial score (nSPS) is 10.8. The predicted molar refractivity (Wildman–Crippen MR) is 78.6 cm³/mol. The molecule has 0 unspecified atom stereocenters. The Kier molecular flexibility index (Phi) is 5.04. The summed E-state index contributed by atoms with van der Waals surface area (Å²) in [7, 11) is 3.06. The van der Waals surface area contributed by atoms with E-state index in [1.807, 2.05) is 54.6 Å². The van der Waals surface area contributed by atoms with E-state index in [2.05, 4.69) is 0 Å². The van der Waals surface area contributed by atoms with Crippen molar-refractivity contribution in [3.8, 4) is 11.1 Å². The minimum absolute atomic E-state index is 0.0123. The molecule has 0 radical (unpaired) electrons. The van der Waals surface area contributed by atoms with Crippen LogP contribution in [0.3, 0.4) is 0 Å². The number of Topliss-reactive ketones (excluding diaryl/α,β-unsaturated/α-hetero) is 1. The molecule has 0 fully saturated rings. The minimum atomic E-state index is -0.490. The van der Waals surface area contributed by atoms with Crippen LogP contribution >= 0.6 is 0 Å². The SMILES string of the molecule is COC(CC(=O)c1ccc(-c2ccccc2)cc1)OC. The monoisotopic (exact) mass is 270 g/mol.